The Balaban J connectivity index is 1.90. The maximum atomic E-state index is 12.0. The molecular weight excluding hydrogens is 225 g/mol. The van der Waals surface area contributed by atoms with Gasteiger partial charge in [-0.1, -0.05) is 18.2 Å². The number of nitrogens with zero attached hydrogens (tertiary/aromatic N) is 1. The maximum absolute atomic E-state index is 12.0. The summed E-state index contributed by atoms with van der Waals surface area (Å²) >= 11 is 0. The van der Waals surface area contributed by atoms with Gasteiger partial charge in [-0.2, -0.15) is 5.26 Å². The van der Waals surface area contributed by atoms with Crippen molar-refractivity contribution >= 4 is 0 Å². The first kappa shape index (κ1) is 12.8. The molecule has 1 nitrogen and oxygen atoms in total. The molecule has 0 heterocycles. The van der Waals surface area contributed by atoms with Crippen molar-refractivity contribution in [3.8, 4) is 6.07 Å². The SMILES string of the molecule is N#Cc1ccc([C@H]2CC[C@H](CC=CF)CC2)cc1. The Morgan fingerprint density at radius 2 is 1.83 bits per heavy atom. The molecule has 94 valence electrons. The third-order valence-electron chi connectivity index (χ3n) is 3.92. The average Bonchev–Trinajstić information content (AvgIpc) is 2.46. The van der Waals surface area contributed by atoms with Crippen molar-refractivity contribution in [3.63, 3.8) is 0 Å². The number of halogens is 1. The molecule has 2 heteroatoms. The molecule has 0 aromatic heterocycles. The summed E-state index contributed by atoms with van der Waals surface area (Å²) in [5, 5.41) is 8.77. The lowest BCUT2D eigenvalue weighted by molar-refractivity contribution is 0.327. The molecule has 1 fully saturated rings. The lowest BCUT2D eigenvalue weighted by Gasteiger charge is -2.28. The van der Waals surface area contributed by atoms with Crippen LogP contribution >= 0.6 is 0 Å². The quantitative estimate of drug-likeness (QED) is 0.754. The molecule has 0 saturated heterocycles. The van der Waals surface area contributed by atoms with Crippen LogP contribution in [0.5, 0.6) is 0 Å². The van der Waals surface area contributed by atoms with Gasteiger partial charge in [0.05, 0.1) is 18.0 Å². The zero-order valence-electron chi connectivity index (χ0n) is 10.5. The van der Waals surface area contributed by atoms with Crippen LogP contribution in [0, 0.1) is 17.2 Å². The van der Waals surface area contributed by atoms with Crippen molar-refractivity contribution in [2.45, 2.75) is 38.0 Å². The highest BCUT2D eigenvalue weighted by Crippen LogP contribution is 2.37. The topological polar surface area (TPSA) is 23.8 Å². The predicted octanol–water partition coefficient (Wildman–Crippen LogP) is 4.71. The van der Waals surface area contributed by atoms with E-state index in [4.69, 9.17) is 5.26 Å². The van der Waals surface area contributed by atoms with Gasteiger partial charge in [0.2, 0.25) is 0 Å². The van der Waals surface area contributed by atoms with Crippen molar-refractivity contribution in [1.82, 2.24) is 0 Å². The fourth-order valence-corrected chi connectivity index (χ4v) is 2.81. The van der Waals surface area contributed by atoms with E-state index in [1.165, 1.54) is 31.2 Å². The summed E-state index contributed by atoms with van der Waals surface area (Å²) in [4.78, 5) is 0. The van der Waals surface area contributed by atoms with Crippen LogP contribution in [0.3, 0.4) is 0 Å². The zero-order chi connectivity index (χ0) is 12.8. The Kier molecular flexibility index (Phi) is 4.52. The molecule has 1 aliphatic rings. The Morgan fingerprint density at radius 3 is 2.39 bits per heavy atom. The maximum Gasteiger partial charge on any atom is 0.0991 e. The molecule has 1 aromatic rings. The lowest BCUT2D eigenvalue weighted by atomic mass is 9.77. The van der Waals surface area contributed by atoms with Crippen LogP contribution in [0.25, 0.3) is 0 Å². The van der Waals surface area contributed by atoms with Gasteiger partial charge in [0, 0.05) is 0 Å². The first-order valence-corrected chi connectivity index (χ1v) is 6.58. The van der Waals surface area contributed by atoms with Crippen molar-refractivity contribution in [1.29, 1.82) is 5.26 Å². The first-order chi connectivity index (χ1) is 8.83. The van der Waals surface area contributed by atoms with E-state index < -0.39 is 0 Å². The van der Waals surface area contributed by atoms with Crippen molar-refractivity contribution in [2.24, 2.45) is 5.92 Å². The Hall–Kier alpha value is -1.62. The van der Waals surface area contributed by atoms with Crippen molar-refractivity contribution in [3.05, 3.63) is 47.8 Å². The molecule has 0 spiro atoms. The van der Waals surface area contributed by atoms with E-state index in [0.717, 1.165) is 12.0 Å². The van der Waals surface area contributed by atoms with Gasteiger partial charge in [-0.3, -0.25) is 0 Å². The van der Waals surface area contributed by atoms with Gasteiger partial charge in [-0.25, -0.2) is 4.39 Å². The minimum absolute atomic E-state index is 0.614. The summed E-state index contributed by atoms with van der Waals surface area (Å²) in [6.45, 7) is 0. The number of hydrogen-bond acceptors (Lipinski definition) is 1. The van der Waals surface area contributed by atoms with Crippen LogP contribution in [0.1, 0.15) is 49.1 Å². The summed E-state index contributed by atoms with van der Waals surface area (Å²) in [5.74, 6) is 1.26. The van der Waals surface area contributed by atoms with E-state index in [9.17, 15) is 4.39 Å². The number of benzene rings is 1. The van der Waals surface area contributed by atoms with Crippen molar-refractivity contribution < 1.29 is 4.39 Å². The first-order valence-electron chi connectivity index (χ1n) is 6.58. The second-order valence-electron chi connectivity index (χ2n) is 5.05. The minimum Gasteiger partial charge on any atom is -0.216 e. The normalized spacial score (nSPS) is 24.0. The number of rotatable bonds is 3. The summed E-state index contributed by atoms with van der Waals surface area (Å²) in [6.07, 6.45) is 7.87. The third-order valence-corrected chi connectivity index (χ3v) is 3.92. The van der Waals surface area contributed by atoms with Crippen LogP contribution in [0.2, 0.25) is 0 Å². The van der Waals surface area contributed by atoms with Crippen LogP contribution in [-0.4, -0.2) is 0 Å². The zero-order valence-corrected chi connectivity index (χ0v) is 10.5. The summed E-state index contributed by atoms with van der Waals surface area (Å²) in [5.41, 5.74) is 2.06. The summed E-state index contributed by atoms with van der Waals surface area (Å²) in [7, 11) is 0. The second kappa shape index (κ2) is 6.35. The number of allylic oxidation sites excluding steroid dienone is 1. The second-order valence-corrected chi connectivity index (χ2v) is 5.05. The highest BCUT2D eigenvalue weighted by atomic mass is 19.1. The highest BCUT2D eigenvalue weighted by Gasteiger charge is 2.21. The minimum atomic E-state index is 0.614. The summed E-state index contributed by atoms with van der Waals surface area (Å²) in [6, 6.07) is 10.1. The van der Waals surface area contributed by atoms with E-state index in [2.05, 4.69) is 18.2 Å². The lowest BCUT2D eigenvalue weighted by Crippen LogP contribution is -2.12. The van der Waals surface area contributed by atoms with E-state index in [1.54, 1.807) is 6.08 Å². The monoisotopic (exact) mass is 243 g/mol. The largest absolute Gasteiger partial charge is 0.216 e. The van der Waals surface area contributed by atoms with Gasteiger partial charge >= 0.3 is 0 Å². The van der Waals surface area contributed by atoms with Crippen LogP contribution in [0.15, 0.2) is 36.7 Å². The van der Waals surface area contributed by atoms with Gasteiger partial charge < -0.3 is 0 Å². The smallest absolute Gasteiger partial charge is 0.0991 e. The molecule has 0 aliphatic heterocycles. The molecule has 0 N–H and O–H groups in total. The molecule has 18 heavy (non-hydrogen) atoms. The molecule has 1 aromatic carbocycles. The molecule has 1 aliphatic carbocycles. The predicted molar refractivity (Wildman–Crippen MR) is 70.7 cm³/mol. The van der Waals surface area contributed by atoms with E-state index in [1.807, 2.05) is 12.1 Å². The van der Waals surface area contributed by atoms with Gasteiger partial charge in [-0.15, -0.1) is 0 Å². The molecule has 0 amide bonds. The Morgan fingerprint density at radius 1 is 1.17 bits per heavy atom. The third kappa shape index (κ3) is 3.20. The Bertz CT molecular complexity index is 433. The van der Waals surface area contributed by atoms with E-state index >= 15 is 0 Å². The molecule has 1 saturated carbocycles. The van der Waals surface area contributed by atoms with Gasteiger partial charge in [0.15, 0.2) is 0 Å². The van der Waals surface area contributed by atoms with Gasteiger partial charge in [0.25, 0.3) is 0 Å². The van der Waals surface area contributed by atoms with Crippen LogP contribution in [0.4, 0.5) is 4.39 Å². The molecule has 0 unspecified atom stereocenters. The van der Waals surface area contributed by atoms with Crippen molar-refractivity contribution in [2.75, 3.05) is 0 Å². The van der Waals surface area contributed by atoms with Crippen LogP contribution < -0.4 is 0 Å². The number of nitriles is 1. The molecular formula is C16H18FN. The Labute approximate surface area is 108 Å². The molecule has 2 rings (SSSR count). The highest BCUT2D eigenvalue weighted by molar-refractivity contribution is 5.33. The summed E-state index contributed by atoms with van der Waals surface area (Å²) < 4.78 is 12.0. The standard InChI is InChI=1S/C16H18FN/c17-11-1-2-13-3-7-15(8-4-13)16-9-5-14(12-18)6-10-16/h1,5-6,9-11,13,15H,2-4,7-8H2/t13-,15-. The fourth-order valence-electron chi connectivity index (χ4n) is 2.81. The van der Waals surface area contributed by atoms with Gasteiger partial charge in [0.1, 0.15) is 0 Å². The molecule has 0 bridgehead atoms. The molecule has 0 atom stereocenters. The fraction of sp³-hybridized carbons (Fsp3) is 0.438. The number of hydrogen-bond donors (Lipinski definition) is 0. The average molecular weight is 243 g/mol. The van der Waals surface area contributed by atoms with Crippen LogP contribution in [-0.2, 0) is 0 Å². The van der Waals surface area contributed by atoms with E-state index in [0.29, 0.717) is 18.2 Å². The molecule has 0 radical (unpaired) electrons. The van der Waals surface area contributed by atoms with Gasteiger partial charge in [-0.05, 0) is 61.6 Å². The van der Waals surface area contributed by atoms with E-state index in [-0.39, 0.29) is 0 Å².